The zero-order chi connectivity index (χ0) is 12.2. The molecule has 3 fully saturated rings. The summed E-state index contributed by atoms with van der Waals surface area (Å²) in [7, 11) is 0. The zero-order valence-corrected chi connectivity index (χ0v) is 12.0. The first-order chi connectivity index (χ1) is 8.93. The average Bonchev–Trinajstić information content (AvgIpc) is 2.38. The van der Waals surface area contributed by atoms with Gasteiger partial charge in [0.15, 0.2) is 0 Å². The van der Waals surface area contributed by atoms with E-state index in [1.165, 1.54) is 57.9 Å². The number of hydrogen-bond donors (Lipinski definition) is 1. The van der Waals surface area contributed by atoms with E-state index in [4.69, 9.17) is 0 Å². The Hall–Kier alpha value is -0.0400. The lowest BCUT2D eigenvalue weighted by atomic mass is 9.64. The van der Waals surface area contributed by atoms with Crippen LogP contribution < -0.4 is 5.32 Å². The highest BCUT2D eigenvalue weighted by Gasteiger charge is 2.35. The molecule has 2 atom stereocenters. The van der Waals surface area contributed by atoms with Gasteiger partial charge in [-0.3, -0.25) is 0 Å². The zero-order valence-electron chi connectivity index (χ0n) is 12.0. The van der Waals surface area contributed by atoms with Crippen LogP contribution >= 0.6 is 0 Å². The fourth-order valence-electron chi connectivity index (χ4n) is 4.65. The van der Waals surface area contributed by atoms with E-state index in [2.05, 4.69) is 5.32 Å². The molecule has 0 spiro atoms. The van der Waals surface area contributed by atoms with Crippen LogP contribution in [0.4, 0.5) is 0 Å². The molecule has 0 aromatic carbocycles. The Balaban J connectivity index is 1.57. The maximum absolute atomic E-state index is 3.79. The Morgan fingerprint density at radius 1 is 0.722 bits per heavy atom. The maximum atomic E-state index is 3.79. The fraction of sp³-hybridized carbons (Fsp3) is 1.00. The summed E-state index contributed by atoms with van der Waals surface area (Å²) in [4.78, 5) is 0. The normalized spacial score (nSPS) is 33.0. The summed E-state index contributed by atoms with van der Waals surface area (Å²) < 4.78 is 0. The van der Waals surface area contributed by atoms with Crippen LogP contribution in [0.25, 0.3) is 0 Å². The highest BCUT2D eigenvalue weighted by Crippen LogP contribution is 2.44. The lowest BCUT2D eigenvalue weighted by molar-refractivity contribution is 0.0944. The largest absolute Gasteiger partial charge is 0.314 e. The predicted molar refractivity (Wildman–Crippen MR) is 77.7 cm³/mol. The van der Waals surface area contributed by atoms with Crippen molar-refractivity contribution in [2.45, 2.75) is 83.1 Å². The Morgan fingerprint density at radius 3 is 1.94 bits per heavy atom. The minimum absolute atomic E-state index is 0.867. The Labute approximate surface area is 113 Å². The van der Waals surface area contributed by atoms with Crippen molar-refractivity contribution in [3.05, 3.63) is 0 Å². The van der Waals surface area contributed by atoms with Crippen LogP contribution in [0.2, 0.25) is 0 Å². The molecule has 1 heteroatoms. The van der Waals surface area contributed by atoms with Crippen LogP contribution in [-0.4, -0.2) is 12.6 Å². The molecular formula is C17H31N. The van der Waals surface area contributed by atoms with E-state index < -0.39 is 0 Å². The first-order valence-electron chi connectivity index (χ1n) is 8.67. The molecule has 0 radical (unpaired) electrons. The van der Waals surface area contributed by atoms with Crippen LogP contribution in [0.3, 0.4) is 0 Å². The number of hydrogen-bond acceptors (Lipinski definition) is 1. The third-order valence-electron chi connectivity index (χ3n) is 5.98. The molecule has 2 aliphatic carbocycles. The monoisotopic (exact) mass is 249 g/mol. The number of piperidine rings is 1. The summed E-state index contributed by atoms with van der Waals surface area (Å²) in [5, 5.41) is 3.79. The summed E-state index contributed by atoms with van der Waals surface area (Å²) in [6.45, 7) is 1.28. The maximum Gasteiger partial charge on any atom is 0.00699 e. The molecule has 1 heterocycles. The standard InChI is InChI=1S/C17H31N/c1-2-7-14(8-3-1)17(15-9-6-10-15)13-16-11-4-5-12-18-16/h14-18H,1-13H2. The van der Waals surface area contributed by atoms with Crippen molar-refractivity contribution in [3.8, 4) is 0 Å². The second-order valence-electron chi connectivity index (χ2n) is 7.14. The molecule has 2 saturated carbocycles. The molecule has 3 aliphatic rings. The van der Waals surface area contributed by atoms with Crippen molar-refractivity contribution < 1.29 is 0 Å². The van der Waals surface area contributed by atoms with E-state index >= 15 is 0 Å². The van der Waals surface area contributed by atoms with E-state index in [1.807, 2.05) is 0 Å². The van der Waals surface area contributed by atoms with E-state index in [1.54, 1.807) is 25.7 Å². The molecule has 18 heavy (non-hydrogen) atoms. The first-order valence-corrected chi connectivity index (χ1v) is 8.67. The highest BCUT2D eigenvalue weighted by atomic mass is 14.9. The summed E-state index contributed by atoms with van der Waals surface area (Å²) in [5.41, 5.74) is 0. The molecule has 0 aromatic heterocycles. The highest BCUT2D eigenvalue weighted by molar-refractivity contribution is 4.87. The van der Waals surface area contributed by atoms with Crippen LogP contribution in [0, 0.1) is 17.8 Å². The number of rotatable bonds is 4. The molecule has 3 rings (SSSR count). The van der Waals surface area contributed by atoms with Crippen molar-refractivity contribution in [2.24, 2.45) is 17.8 Å². The molecule has 1 N–H and O–H groups in total. The van der Waals surface area contributed by atoms with Crippen LogP contribution in [0.15, 0.2) is 0 Å². The Morgan fingerprint density at radius 2 is 1.39 bits per heavy atom. The fourth-order valence-corrected chi connectivity index (χ4v) is 4.65. The summed E-state index contributed by atoms with van der Waals surface area (Å²) >= 11 is 0. The molecule has 1 nitrogen and oxygen atoms in total. The molecule has 0 amide bonds. The van der Waals surface area contributed by atoms with Gasteiger partial charge in [-0.25, -0.2) is 0 Å². The minimum Gasteiger partial charge on any atom is -0.314 e. The predicted octanol–water partition coefficient (Wildman–Crippen LogP) is 4.52. The van der Waals surface area contributed by atoms with Gasteiger partial charge < -0.3 is 5.32 Å². The SMILES string of the molecule is C1CCC(C(CC2CCCCN2)C2CCC2)CC1. The number of nitrogens with one attached hydrogen (secondary N) is 1. The summed E-state index contributed by atoms with van der Waals surface area (Å²) in [5.74, 6) is 3.28. The van der Waals surface area contributed by atoms with Gasteiger partial charge >= 0.3 is 0 Å². The third kappa shape index (κ3) is 3.10. The minimum atomic E-state index is 0.867. The molecule has 1 aliphatic heterocycles. The van der Waals surface area contributed by atoms with E-state index in [-0.39, 0.29) is 0 Å². The molecule has 1 saturated heterocycles. The lowest BCUT2D eigenvalue weighted by Crippen LogP contribution is -2.40. The van der Waals surface area contributed by atoms with Gasteiger partial charge in [0, 0.05) is 6.04 Å². The quantitative estimate of drug-likeness (QED) is 0.772. The third-order valence-corrected chi connectivity index (χ3v) is 5.98. The first kappa shape index (κ1) is 13.0. The van der Waals surface area contributed by atoms with Crippen molar-refractivity contribution in [2.75, 3.05) is 6.54 Å². The van der Waals surface area contributed by atoms with Gasteiger partial charge in [-0.15, -0.1) is 0 Å². The van der Waals surface area contributed by atoms with Gasteiger partial charge in [0.25, 0.3) is 0 Å². The Bertz CT molecular complexity index is 234. The summed E-state index contributed by atoms with van der Waals surface area (Å²) in [6.07, 6.45) is 18.1. The van der Waals surface area contributed by atoms with Gasteiger partial charge in [-0.2, -0.15) is 0 Å². The van der Waals surface area contributed by atoms with Crippen molar-refractivity contribution in [1.82, 2.24) is 5.32 Å². The van der Waals surface area contributed by atoms with Gasteiger partial charge in [0.1, 0.15) is 0 Å². The van der Waals surface area contributed by atoms with E-state index in [0.717, 1.165) is 23.8 Å². The van der Waals surface area contributed by atoms with Gasteiger partial charge in [-0.05, 0) is 43.6 Å². The summed E-state index contributed by atoms with van der Waals surface area (Å²) in [6, 6.07) is 0.867. The average molecular weight is 249 g/mol. The van der Waals surface area contributed by atoms with E-state index in [9.17, 15) is 0 Å². The Kier molecular flexibility index (Phi) is 4.62. The second kappa shape index (κ2) is 6.41. The van der Waals surface area contributed by atoms with Crippen LogP contribution in [0.5, 0.6) is 0 Å². The van der Waals surface area contributed by atoms with Gasteiger partial charge in [-0.1, -0.05) is 57.8 Å². The van der Waals surface area contributed by atoms with Gasteiger partial charge in [0.2, 0.25) is 0 Å². The second-order valence-corrected chi connectivity index (χ2v) is 7.14. The molecule has 0 bridgehead atoms. The molecule has 104 valence electrons. The molecular weight excluding hydrogens is 218 g/mol. The topological polar surface area (TPSA) is 12.0 Å². The van der Waals surface area contributed by atoms with Crippen molar-refractivity contribution in [1.29, 1.82) is 0 Å². The van der Waals surface area contributed by atoms with Crippen LogP contribution in [0.1, 0.15) is 77.0 Å². The molecule has 0 aromatic rings. The van der Waals surface area contributed by atoms with E-state index in [0.29, 0.717) is 0 Å². The van der Waals surface area contributed by atoms with Gasteiger partial charge in [0.05, 0.1) is 0 Å². The lowest BCUT2D eigenvalue weighted by Gasteiger charge is -2.42. The van der Waals surface area contributed by atoms with Crippen molar-refractivity contribution in [3.63, 3.8) is 0 Å². The van der Waals surface area contributed by atoms with Crippen molar-refractivity contribution >= 4 is 0 Å². The van der Waals surface area contributed by atoms with Crippen LogP contribution in [-0.2, 0) is 0 Å². The smallest absolute Gasteiger partial charge is 0.00699 e. The molecule has 2 unspecified atom stereocenters.